The van der Waals surface area contributed by atoms with Crippen LogP contribution < -0.4 is 5.73 Å². The molecule has 0 saturated heterocycles. The van der Waals surface area contributed by atoms with Gasteiger partial charge in [0.15, 0.2) is 5.78 Å². The van der Waals surface area contributed by atoms with Crippen LogP contribution in [0.2, 0.25) is 0 Å². The predicted molar refractivity (Wildman–Crippen MR) is 50.9 cm³/mol. The van der Waals surface area contributed by atoms with E-state index in [0.717, 1.165) is 0 Å². The topological polar surface area (TPSA) is 116 Å². The standard InChI is InChI=1S/C8H16N2O4/c1-4(12)7(13)8(14)6(3-11)10-5(2)9/h4,6-7,11-13H,3H2,1-2H3,(H2,9,10)/t4-,6+,7+/m0/s1. The largest absolute Gasteiger partial charge is 0.394 e. The first-order valence-corrected chi connectivity index (χ1v) is 4.20. The number of carbonyl (C=O) groups is 1. The van der Waals surface area contributed by atoms with E-state index in [9.17, 15) is 9.90 Å². The van der Waals surface area contributed by atoms with E-state index in [2.05, 4.69) is 4.99 Å². The molecule has 14 heavy (non-hydrogen) atoms. The third-order valence-electron chi connectivity index (χ3n) is 1.61. The average Bonchev–Trinajstić information content (AvgIpc) is 2.11. The molecule has 0 saturated carbocycles. The first-order valence-electron chi connectivity index (χ1n) is 4.20. The fraction of sp³-hybridized carbons (Fsp3) is 0.750. The van der Waals surface area contributed by atoms with Gasteiger partial charge in [-0.15, -0.1) is 0 Å². The van der Waals surface area contributed by atoms with Crippen LogP contribution >= 0.6 is 0 Å². The van der Waals surface area contributed by atoms with Gasteiger partial charge < -0.3 is 21.1 Å². The molecular weight excluding hydrogens is 188 g/mol. The van der Waals surface area contributed by atoms with Gasteiger partial charge in [-0.05, 0) is 13.8 Å². The Morgan fingerprint density at radius 3 is 2.29 bits per heavy atom. The molecule has 0 aromatic carbocycles. The Balaban J connectivity index is 4.55. The highest BCUT2D eigenvalue weighted by atomic mass is 16.3. The maximum Gasteiger partial charge on any atom is 0.190 e. The zero-order valence-electron chi connectivity index (χ0n) is 8.21. The Morgan fingerprint density at radius 1 is 1.50 bits per heavy atom. The minimum absolute atomic E-state index is 0.134. The molecule has 0 aromatic rings. The number of hydrogen-bond donors (Lipinski definition) is 4. The second-order valence-electron chi connectivity index (χ2n) is 3.06. The Labute approximate surface area is 82.1 Å². The Morgan fingerprint density at radius 2 is 2.00 bits per heavy atom. The van der Waals surface area contributed by atoms with E-state index in [1.807, 2.05) is 0 Å². The molecule has 0 aliphatic heterocycles. The monoisotopic (exact) mass is 204 g/mol. The number of aliphatic hydroxyl groups is 3. The number of rotatable bonds is 5. The highest BCUT2D eigenvalue weighted by Gasteiger charge is 2.27. The van der Waals surface area contributed by atoms with Gasteiger partial charge in [0.25, 0.3) is 0 Å². The van der Waals surface area contributed by atoms with Gasteiger partial charge in [-0.1, -0.05) is 0 Å². The third-order valence-corrected chi connectivity index (χ3v) is 1.61. The van der Waals surface area contributed by atoms with E-state index in [1.165, 1.54) is 13.8 Å². The molecule has 0 aromatic heterocycles. The fourth-order valence-corrected chi connectivity index (χ4v) is 0.875. The summed E-state index contributed by atoms with van der Waals surface area (Å²) >= 11 is 0. The molecule has 0 radical (unpaired) electrons. The predicted octanol–water partition coefficient (Wildman–Crippen LogP) is -1.96. The van der Waals surface area contributed by atoms with Crippen molar-refractivity contribution in [1.29, 1.82) is 0 Å². The summed E-state index contributed by atoms with van der Waals surface area (Å²) < 4.78 is 0. The van der Waals surface area contributed by atoms with Gasteiger partial charge >= 0.3 is 0 Å². The molecule has 0 aliphatic carbocycles. The van der Waals surface area contributed by atoms with Crippen molar-refractivity contribution < 1.29 is 20.1 Å². The maximum atomic E-state index is 11.3. The number of hydrogen-bond acceptors (Lipinski definition) is 5. The van der Waals surface area contributed by atoms with Crippen molar-refractivity contribution in [2.24, 2.45) is 10.7 Å². The zero-order valence-corrected chi connectivity index (χ0v) is 8.21. The Bertz CT molecular complexity index is 223. The van der Waals surface area contributed by atoms with Crippen LogP contribution in [0.3, 0.4) is 0 Å². The van der Waals surface area contributed by atoms with Gasteiger partial charge in [-0.2, -0.15) is 0 Å². The second kappa shape index (κ2) is 5.69. The lowest BCUT2D eigenvalue weighted by Crippen LogP contribution is -2.40. The van der Waals surface area contributed by atoms with Crippen LogP contribution in [0.1, 0.15) is 13.8 Å². The molecule has 6 heteroatoms. The van der Waals surface area contributed by atoms with E-state index in [4.69, 9.17) is 15.9 Å². The molecule has 0 spiro atoms. The number of carbonyl (C=O) groups excluding carboxylic acids is 1. The molecule has 6 nitrogen and oxygen atoms in total. The lowest BCUT2D eigenvalue weighted by molar-refractivity contribution is -0.134. The number of nitrogens with two attached hydrogens (primary N) is 1. The number of aliphatic hydroxyl groups excluding tert-OH is 3. The summed E-state index contributed by atoms with van der Waals surface area (Å²) in [6.07, 6.45) is -2.74. The van der Waals surface area contributed by atoms with Crippen LogP contribution in [0.4, 0.5) is 0 Å². The summed E-state index contributed by atoms with van der Waals surface area (Å²) in [7, 11) is 0. The van der Waals surface area contributed by atoms with Crippen molar-refractivity contribution in [3.8, 4) is 0 Å². The smallest absolute Gasteiger partial charge is 0.190 e. The fourth-order valence-electron chi connectivity index (χ4n) is 0.875. The highest BCUT2D eigenvalue weighted by molar-refractivity contribution is 5.91. The lowest BCUT2D eigenvalue weighted by Gasteiger charge is -2.16. The van der Waals surface area contributed by atoms with Gasteiger partial charge in [0, 0.05) is 0 Å². The maximum absolute atomic E-state index is 11.3. The number of nitrogens with zero attached hydrogens (tertiary/aromatic N) is 1. The molecule has 0 heterocycles. The first kappa shape index (κ1) is 13.0. The van der Waals surface area contributed by atoms with E-state index in [-0.39, 0.29) is 5.84 Å². The van der Waals surface area contributed by atoms with Crippen LogP contribution in [0.5, 0.6) is 0 Å². The minimum atomic E-state index is -1.55. The zero-order chi connectivity index (χ0) is 11.3. The summed E-state index contributed by atoms with van der Waals surface area (Å²) in [6.45, 7) is 2.19. The van der Waals surface area contributed by atoms with Gasteiger partial charge in [-0.25, -0.2) is 0 Å². The molecule has 0 bridgehead atoms. The van der Waals surface area contributed by atoms with Gasteiger partial charge in [-0.3, -0.25) is 9.79 Å². The van der Waals surface area contributed by atoms with Gasteiger partial charge in [0.1, 0.15) is 12.1 Å². The summed E-state index contributed by atoms with van der Waals surface area (Å²) in [5, 5.41) is 26.9. The van der Waals surface area contributed by atoms with Crippen LogP contribution in [-0.2, 0) is 4.79 Å². The number of Topliss-reactive ketones (excluding diaryl/α,β-unsaturated/α-hetero) is 1. The second-order valence-corrected chi connectivity index (χ2v) is 3.06. The summed E-state index contributed by atoms with van der Waals surface area (Å²) in [6, 6.07) is -1.11. The molecule has 0 rings (SSSR count). The minimum Gasteiger partial charge on any atom is -0.394 e. The Kier molecular flexibility index (Phi) is 5.29. The van der Waals surface area contributed by atoms with E-state index < -0.39 is 30.6 Å². The summed E-state index contributed by atoms with van der Waals surface area (Å²) in [5.41, 5.74) is 5.23. The quantitative estimate of drug-likeness (QED) is 0.306. The van der Waals surface area contributed by atoms with Crippen LogP contribution in [0.25, 0.3) is 0 Å². The van der Waals surface area contributed by atoms with Crippen molar-refractivity contribution in [2.75, 3.05) is 6.61 Å². The van der Waals surface area contributed by atoms with Gasteiger partial charge in [0.2, 0.25) is 0 Å². The average molecular weight is 204 g/mol. The molecule has 0 amide bonds. The number of ketones is 1. The molecule has 0 fully saturated rings. The lowest BCUT2D eigenvalue weighted by atomic mass is 10.1. The van der Waals surface area contributed by atoms with Gasteiger partial charge in [0.05, 0.1) is 18.5 Å². The van der Waals surface area contributed by atoms with Crippen molar-refractivity contribution in [2.45, 2.75) is 32.1 Å². The molecule has 0 aliphatic rings. The first-order chi connectivity index (χ1) is 6.40. The van der Waals surface area contributed by atoms with Crippen molar-refractivity contribution in [3.63, 3.8) is 0 Å². The molecule has 5 N–H and O–H groups in total. The molecular formula is C8H16N2O4. The van der Waals surface area contributed by atoms with Crippen molar-refractivity contribution in [3.05, 3.63) is 0 Å². The molecule has 0 unspecified atom stereocenters. The van der Waals surface area contributed by atoms with E-state index in [0.29, 0.717) is 0 Å². The van der Waals surface area contributed by atoms with Crippen LogP contribution in [0.15, 0.2) is 4.99 Å². The van der Waals surface area contributed by atoms with Crippen molar-refractivity contribution in [1.82, 2.24) is 0 Å². The van der Waals surface area contributed by atoms with Crippen LogP contribution in [0, 0.1) is 0 Å². The number of amidine groups is 1. The van der Waals surface area contributed by atoms with Crippen LogP contribution in [-0.4, -0.2) is 51.8 Å². The van der Waals surface area contributed by atoms with E-state index >= 15 is 0 Å². The summed E-state index contributed by atoms with van der Waals surface area (Å²) in [5.74, 6) is -0.609. The highest BCUT2D eigenvalue weighted by Crippen LogP contribution is 2.02. The molecule has 82 valence electrons. The third kappa shape index (κ3) is 3.82. The number of aliphatic imine (C=N–C) groups is 1. The molecule has 3 atom stereocenters. The Hall–Kier alpha value is -0.980. The van der Waals surface area contributed by atoms with Crippen molar-refractivity contribution >= 4 is 11.6 Å². The summed E-state index contributed by atoms with van der Waals surface area (Å²) in [4.78, 5) is 14.9. The SMILES string of the molecule is CC(N)=N[C@H](CO)C(=O)[C@H](O)[C@H](C)O. The van der Waals surface area contributed by atoms with E-state index in [1.54, 1.807) is 0 Å². The normalized spacial score (nSPS) is 18.8.